The normalized spacial score (nSPS) is 10.3. The molecule has 0 spiro atoms. The molecule has 0 aromatic rings. The third kappa shape index (κ3) is 3.89. The van der Waals surface area contributed by atoms with E-state index in [9.17, 15) is 4.79 Å². The molecule has 6 heavy (non-hydrogen) atoms. The molecule has 0 bridgehead atoms. The first-order valence-corrected chi connectivity index (χ1v) is 4.68. The molecule has 0 radical (unpaired) electrons. The van der Waals surface area contributed by atoms with E-state index in [1.807, 2.05) is 0 Å². The molecule has 0 rings (SSSR count). The van der Waals surface area contributed by atoms with Crippen molar-refractivity contribution in [1.29, 1.82) is 0 Å². The summed E-state index contributed by atoms with van der Waals surface area (Å²) >= 11 is 0. The highest BCUT2D eigenvalue weighted by Gasteiger charge is 1.84. The number of carbonyl (C=O) groups is 1. The predicted octanol–water partition coefficient (Wildman–Crippen LogP) is 0.211. The van der Waals surface area contributed by atoms with Crippen LogP contribution in [0.3, 0.4) is 0 Å². The van der Waals surface area contributed by atoms with Gasteiger partial charge in [-0.2, -0.15) is 0 Å². The second-order valence-corrected chi connectivity index (χ2v) is 2.95. The van der Waals surface area contributed by atoms with Gasteiger partial charge in [0.2, 0.25) is 0 Å². The van der Waals surface area contributed by atoms with Crippen molar-refractivity contribution < 1.29 is 4.79 Å². The van der Waals surface area contributed by atoms with Crippen LogP contribution in [0.15, 0.2) is 0 Å². The molecule has 0 amide bonds. The van der Waals surface area contributed by atoms with E-state index in [0.29, 0.717) is 5.78 Å². The lowest BCUT2D eigenvalue weighted by Gasteiger charge is -1.79. The molecule has 0 aliphatic rings. The van der Waals surface area contributed by atoms with Gasteiger partial charge in [-0.05, 0) is 13.0 Å². The van der Waals surface area contributed by atoms with Crippen molar-refractivity contribution in [3.8, 4) is 0 Å². The van der Waals surface area contributed by atoms with E-state index >= 15 is 0 Å². The monoisotopic (exact) mass is 102 g/mol. The number of carbonyl (C=O) groups excluding carboxylic acids is 1. The molecule has 2 heteroatoms. The van der Waals surface area contributed by atoms with Crippen LogP contribution in [0.4, 0.5) is 0 Å². The van der Waals surface area contributed by atoms with Crippen LogP contribution in [0.5, 0.6) is 0 Å². The van der Waals surface area contributed by atoms with Gasteiger partial charge in [0, 0.05) is 9.52 Å². The zero-order valence-corrected chi connectivity index (χ0v) is 5.74. The van der Waals surface area contributed by atoms with Gasteiger partial charge in [-0.1, -0.05) is 6.55 Å². The van der Waals surface area contributed by atoms with Gasteiger partial charge >= 0.3 is 0 Å². The first-order chi connectivity index (χ1) is 2.77. The van der Waals surface area contributed by atoms with E-state index in [2.05, 4.69) is 6.55 Å². The summed E-state index contributed by atoms with van der Waals surface area (Å²) in [5.74, 6) is 0.351. The van der Waals surface area contributed by atoms with E-state index < -0.39 is 0 Å². The standard InChI is InChI=1S/C4H10OSi/c1-4(5)3-6-2/h3,6H2,1-2H3. The first kappa shape index (κ1) is 5.89. The topological polar surface area (TPSA) is 17.1 Å². The van der Waals surface area contributed by atoms with Gasteiger partial charge in [0.1, 0.15) is 5.78 Å². The largest absolute Gasteiger partial charge is 0.300 e. The molecule has 36 valence electrons. The van der Waals surface area contributed by atoms with Crippen LogP contribution in [0.25, 0.3) is 0 Å². The van der Waals surface area contributed by atoms with Crippen molar-refractivity contribution in [3.05, 3.63) is 0 Å². The lowest BCUT2D eigenvalue weighted by atomic mass is 10.5. The summed E-state index contributed by atoms with van der Waals surface area (Å²) in [5, 5.41) is 0. The molecule has 0 heterocycles. The van der Waals surface area contributed by atoms with E-state index in [4.69, 9.17) is 0 Å². The Morgan fingerprint density at radius 3 is 2.33 bits per heavy atom. The van der Waals surface area contributed by atoms with Crippen molar-refractivity contribution in [2.45, 2.75) is 19.5 Å². The van der Waals surface area contributed by atoms with Crippen LogP contribution in [-0.4, -0.2) is 15.3 Å². The maximum absolute atomic E-state index is 10.1. The summed E-state index contributed by atoms with van der Waals surface area (Å²) in [7, 11) is 0.0170. The highest BCUT2D eigenvalue weighted by Crippen LogP contribution is 1.76. The quantitative estimate of drug-likeness (QED) is 0.455. The van der Waals surface area contributed by atoms with Crippen LogP contribution < -0.4 is 0 Å². The highest BCUT2D eigenvalue weighted by molar-refractivity contribution is 6.39. The van der Waals surface area contributed by atoms with Crippen LogP contribution in [0, 0.1) is 0 Å². The Balaban J connectivity index is 2.83. The van der Waals surface area contributed by atoms with Gasteiger partial charge in [0.15, 0.2) is 0 Å². The molecule has 0 N–H and O–H groups in total. The average molecular weight is 102 g/mol. The lowest BCUT2D eigenvalue weighted by molar-refractivity contribution is -0.114. The molecule has 0 saturated carbocycles. The maximum atomic E-state index is 10.1. The molecule has 0 unspecified atom stereocenters. The Labute approximate surface area is 40.6 Å². The third-order valence-corrected chi connectivity index (χ3v) is 1.81. The number of ketones is 1. The first-order valence-electron chi connectivity index (χ1n) is 2.26. The summed E-state index contributed by atoms with van der Waals surface area (Å²) in [6.45, 7) is 3.79. The molecule has 1 nitrogen and oxygen atoms in total. The SMILES string of the molecule is C[SiH2]CC(C)=O. The molecule has 0 aliphatic carbocycles. The number of hydrogen-bond acceptors (Lipinski definition) is 1. The smallest absolute Gasteiger partial charge is 0.126 e. The number of hydrogen-bond donors (Lipinski definition) is 0. The summed E-state index contributed by atoms with van der Waals surface area (Å²) in [4.78, 5) is 10.1. The fourth-order valence-corrected chi connectivity index (χ4v) is 1.06. The molecular formula is C4H10OSi. The van der Waals surface area contributed by atoms with Crippen molar-refractivity contribution >= 4 is 15.3 Å². The second-order valence-electron chi connectivity index (χ2n) is 1.45. The summed E-state index contributed by atoms with van der Waals surface area (Å²) in [6.07, 6.45) is 0. The van der Waals surface area contributed by atoms with Crippen LogP contribution >= 0.6 is 0 Å². The molecule has 0 saturated heterocycles. The van der Waals surface area contributed by atoms with Crippen molar-refractivity contribution in [3.63, 3.8) is 0 Å². The summed E-state index contributed by atoms with van der Waals surface area (Å²) < 4.78 is 0. The van der Waals surface area contributed by atoms with Crippen LogP contribution in [-0.2, 0) is 4.79 Å². The molecule has 0 aromatic heterocycles. The minimum atomic E-state index is 0.0170. The molecule has 0 aliphatic heterocycles. The fourth-order valence-electron chi connectivity index (χ4n) is 0.352. The van der Waals surface area contributed by atoms with Gasteiger partial charge in [-0.25, -0.2) is 0 Å². The number of rotatable bonds is 2. The molecule has 0 aromatic carbocycles. The second kappa shape index (κ2) is 3.09. The van der Waals surface area contributed by atoms with Gasteiger partial charge in [-0.3, -0.25) is 0 Å². The molecule has 0 fully saturated rings. The van der Waals surface area contributed by atoms with E-state index in [1.165, 1.54) is 0 Å². The van der Waals surface area contributed by atoms with E-state index in [-0.39, 0.29) is 9.52 Å². The Hall–Kier alpha value is -0.113. The number of Topliss-reactive ketones (excluding diaryl/α,β-unsaturated/α-hetero) is 1. The van der Waals surface area contributed by atoms with Gasteiger partial charge in [0.05, 0.1) is 0 Å². The molecule has 0 atom stereocenters. The maximum Gasteiger partial charge on any atom is 0.126 e. The highest BCUT2D eigenvalue weighted by atomic mass is 28.2. The van der Waals surface area contributed by atoms with Gasteiger partial charge in [-0.15, -0.1) is 0 Å². The lowest BCUT2D eigenvalue weighted by Crippen LogP contribution is -1.90. The summed E-state index contributed by atoms with van der Waals surface area (Å²) in [6, 6.07) is 0.875. The van der Waals surface area contributed by atoms with E-state index in [0.717, 1.165) is 6.04 Å². The van der Waals surface area contributed by atoms with Gasteiger partial charge < -0.3 is 4.79 Å². The Bertz CT molecular complexity index is 51.5. The van der Waals surface area contributed by atoms with Gasteiger partial charge in [0.25, 0.3) is 0 Å². The zero-order chi connectivity index (χ0) is 4.99. The fraction of sp³-hybridized carbons (Fsp3) is 0.750. The predicted molar refractivity (Wildman–Crippen MR) is 29.9 cm³/mol. The van der Waals surface area contributed by atoms with Crippen molar-refractivity contribution in [2.75, 3.05) is 0 Å². The molecular weight excluding hydrogens is 92.1 g/mol. The average Bonchev–Trinajstić information content (AvgIpc) is 1.35. The van der Waals surface area contributed by atoms with Crippen molar-refractivity contribution in [2.24, 2.45) is 0 Å². The van der Waals surface area contributed by atoms with Crippen molar-refractivity contribution in [1.82, 2.24) is 0 Å². The summed E-state index contributed by atoms with van der Waals surface area (Å²) in [5.41, 5.74) is 0. The Morgan fingerprint density at radius 2 is 2.33 bits per heavy atom. The minimum Gasteiger partial charge on any atom is -0.300 e. The Morgan fingerprint density at radius 1 is 1.83 bits per heavy atom. The minimum absolute atomic E-state index is 0.0170. The zero-order valence-electron chi connectivity index (χ0n) is 4.32. The Kier molecular flexibility index (Phi) is 3.03. The van der Waals surface area contributed by atoms with Crippen LogP contribution in [0.2, 0.25) is 12.6 Å². The van der Waals surface area contributed by atoms with Crippen LogP contribution in [0.1, 0.15) is 6.92 Å². The third-order valence-electron chi connectivity index (χ3n) is 0.602. The van der Waals surface area contributed by atoms with E-state index in [1.54, 1.807) is 6.92 Å².